The zero-order chi connectivity index (χ0) is 14.9. The molecule has 0 aliphatic heterocycles. The number of hydrogen-bond donors (Lipinski definition) is 3. The molecule has 9 heteroatoms. The van der Waals surface area contributed by atoms with E-state index < -0.39 is 10.0 Å². The number of rotatable bonds is 3. The second-order valence-corrected chi connectivity index (χ2v) is 6.09. The molecular weight excluding hydrogens is 300 g/mol. The van der Waals surface area contributed by atoms with E-state index in [4.69, 9.17) is 23.1 Å². The summed E-state index contributed by atoms with van der Waals surface area (Å²) in [6.07, 6.45) is 0. The molecule has 0 saturated heterocycles. The van der Waals surface area contributed by atoms with Gasteiger partial charge in [-0.3, -0.25) is 9.78 Å². The average molecular weight is 312 g/mol. The summed E-state index contributed by atoms with van der Waals surface area (Å²) in [4.78, 5) is 13.7. The van der Waals surface area contributed by atoms with Gasteiger partial charge in [0.15, 0.2) is 4.77 Å². The van der Waals surface area contributed by atoms with Crippen LogP contribution in [0.4, 0.5) is 5.82 Å². The maximum Gasteiger partial charge on any atom is 0.253 e. The van der Waals surface area contributed by atoms with Gasteiger partial charge in [0.1, 0.15) is 5.82 Å². The smallest absolute Gasteiger partial charge is 0.253 e. The summed E-state index contributed by atoms with van der Waals surface area (Å²) in [5.74, 6) is 0.231. The van der Waals surface area contributed by atoms with Crippen molar-refractivity contribution >= 4 is 28.1 Å². The SMILES string of the molecule is Nc1cc(=O)[nH]c(=S)n1Cc1ccc(S(N)(=O)=O)cc1. The van der Waals surface area contributed by atoms with Crippen LogP contribution in [0.2, 0.25) is 0 Å². The highest BCUT2D eigenvalue weighted by Gasteiger charge is 2.07. The zero-order valence-corrected chi connectivity index (χ0v) is 11.9. The number of primary sulfonamides is 1. The van der Waals surface area contributed by atoms with Crippen LogP contribution in [0.1, 0.15) is 5.56 Å². The van der Waals surface area contributed by atoms with Crippen molar-refractivity contribution in [2.45, 2.75) is 11.4 Å². The topological polar surface area (TPSA) is 124 Å². The van der Waals surface area contributed by atoms with Crippen LogP contribution in [0.25, 0.3) is 0 Å². The first kappa shape index (κ1) is 14.4. The number of nitrogens with two attached hydrogens (primary N) is 2. The van der Waals surface area contributed by atoms with Crippen LogP contribution < -0.4 is 16.4 Å². The maximum atomic E-state index is 11.2. The van der Waals surface area contributed by atoms with Crippen LogP contribution in [-0.2, 0) is 16.6 Å². The Morgan fingerprint density at radius 2 is 1.85 bits per heavy atom. The van der Waals surface area contributed by atoms with Gasteiger partial charge >= 0.3 is 0 Å². The van der Waals surface area contributed by atoms with Crippen molar-refractivity contribution in [2.75, 3.05) is 5.73 Å². The molecule has 0 spiro atoms. The molecule has 1 aromatic carbocycles. The lowest BCUT2D eigenvalue weighted by Gasteiger charge is -2.10. The normalized spacial score (nSPS) is 11.4. The molecule has 0 aliphatic carbocycles. The summed E-state index contributed by atoms with van der Waals surface area (Å²) < 4.78 is 24.0. The van der Waals surface area contributed by atoms with E-state index in [1.54, 1.807) is 12.1 Å². The van der Waals surface area contributed by atoms with Crippen LogP contribution in [0, 0.1) is 4.77 Å². The number of anilines is 1. The largest absolute Gasteiger partial charge is 0.385 e. The van der Waals surface area contributed by atoms with Gasteiger partial charge in [0.25, 0.3) is 5.56 Å². The molecule has 0 aliphatic rings. The van der Waals surface area contributed by atoms with Crippen molar-refractivity contribution in [3.05, 3.63) is 51.0 Å². The first-order valence-corrected chi connectivity index (χ1v) is 7.44. The van der Waals surface area contributed by atoms with Crippen molar-refractivity contribution in [3.8, 4) is 0 Å². The number of nitrogens with zero attached hydrogens (tertiary/aromatic N) is 1. The Labute approximate surface area is 119 Å². The fraction of sp³-hybridized carbons (Fsp3) is 0.0909. The molecule has 0 fully saturated rings. The predicted octanol–water partition coefficient (Wildman–Crippen LogP) is 0.184. The van der Waals surface area contributed by atoms with Gasteiger partial charge in [0.2, 0.25) is 10.0 Å². The summed E-state index contributed by atoms with van der Waals surface area (Å²) in [6.45, 7) is 0.312. The molecule has 5 N–H and O–H groups in total. The Morgan fingerprint density at radius 3 is 2.35 bits per heavy atom. The summed E-state index contributed by atoms with van der Waals surface area (Å²) in [5, 5.41) is 5.01. The minimum atomic E-state index is -3.71. The Bertz CT molecular complexity index is 850. The molecule has 0 unspecified atom stereocenters. The van der Waals surface area contributed by atoms with Crippen LogP contribution in [-0.4, -0.2) is 18.0 Å². The van der Waals surface area contributed by atoms with E-state index in [1.165, 1.54) is 22.8 Å². The lowest BCUT2D eigenvalue weighted by Crippen LogP contribution is -2.17. The molecule has 2 aromatic rings. The number of nitrogen functional groups attached to an aromatic ring is 1. The van der Waals surface area contributed by atoms with Crippen molar-refractivity contribution in [2.24, 2.45) is 5.14 Å². The maximum absolute atomic E-state index is 11.2. The van der Waals surface area contributed by atoms with Gasteiger partial charge < -0.3 is 10.3 Å². The van der Waals surface area contributed by atoms with E-state index in [9.17, 15) is 13.2 Å². The Hall–Kier alpha value is -1.97. The van der Waals surface area contributed by atoms with Crippen LogP contribution >= 0.6 is 12.2 Å². The fourth-order valence-corrected chi connectivity index (χ4v) is 2.45. The molecule has 0 atom stereocenters. The highest BCUT2D eigenvalue weighted by molar-refractivity contribution is 7.89. The summed E-state index contributed by atoms with van der Waals surface area (Å²) in [5.41, 5.74) is 6.13. The van der Waals surface area contributed by atoms with Crippen LogP contribution in [0.5, 0.6) is 0 Å². The van der Waals surface area contributed by atoms with Crippen molar-refractivity contribution < 1.29 is 8.42 Å². The molecule has 7 nitrogen and oxygen atoms in total. The van der Waals surface area contributed by atoms with Crippen molar-refractivity contribution in [1.29, 1.82) is 0 Å². The summed E-state index contributed by atoms with van der Waals surface area (Å²) >= 11 is 5.02. The van der Waals surface area contributed by atoms with Gasteiger partial charge in [-0.25, -0.2) is 13.6 Å². The van der Waals surface area contributed by atoms with Gasteiger partial charge in [-0.1, -0.05) is 12.1 Å². The van der Waals surface area contributed by atoms with Gasteiger partial charge in [0, 0.05) is 6.07 Å². The minimum absolute atomic E-state index is 0.0271. The highest BCUT2D eigenvalue weighted by atomic mass is 32.2. The number of sulfonamides is 1. The zero-order valence-electron chi connectivity index (χ0n) is 10.2. The molecule has 1 aromatic heterocycles. The Balaban J connectivity index is 2.37. The average Bonchev–Trinajstić information content (AvgIpc) is 2.33. The third-order valence-electron chi connectivity index (χ3n) is 2.66. The van der Waals surface area contributed by atoms with E-state index in [-0.39, 0.29) is 21.0 Å². The quantitative estimate of drug-likeness (QED) is 0.698. The molecule has 20 heavy (non-hydrogen) atoms. The monoisotopic (exact) mass is 312 g/mol. The number of H-pyrrole nitrogens is 1. The van der Waals surface area contributed by atoms with E-state index in [1.807, 2.05) is 0 Å². The summed E-state index contributed by atoms with van der Waals surface area (Å²) in [6, 6.07) is 7.24. The van der Waals surface area contributed by atoms with E-state index in [0.717, 1.165) is 5.56 Å². The third-order valence-corrected chi connectivity index (χ3v) is 3.91. The van der Waals surface area contributed by atoms with Gasteiger partial charge in [-0.15, -0.1) is 0 Å². The standard InChI is InChI=1S/C11H12N4O3S2/c12-9-5-10(16)14-11(19)15(9)6-7-1-3-8(4-2-7)20(13,17)18/h1-5H,6,12H2,(H2,13,17,18)(H,14,16,19). The molecule has 0 radical (unpaired) electrons. The summed E-state index contributed by atoms with van der Waals surface area (Å²) in [7, 11) is -3.71. The van der Waals surface area contributed by atoms with E-state index in [0.29, 0.717) is 6.54 Å². The highest BCUT2D eigenvalue weighted by Crippen LogP contribution is 2.11. The fourth-order valence-electron chi connectivity index (χ4n) is 1.67. The van der Waals surface area contributed by atoms with Crippen molar-refractivity contribution in [1.82, 2.24) is 9.55 Å². The van der Waals surface area contributed by atoms with Gasteiger partial charge in [-0.2, -0.15) is 0 Å². The second-order valence-electron chi connectivity index (χ2n) is 4.14. The minimum Gasteiger partial charge on any atom is -0.385 e. The lowest BCUT2D eigenvalue weighted by molar-refractivity contribution is 0.597. The second kappa shape index (κ2) is 5.19. The Kier molecular flexibility index (Phi) is 3.75. The molecule has 0 bridgehead atoms. The lowest BCUT2D eigenvalue weighted by atomic mass is 10.2. The molecular formula is C11H12N4O3S2. The predicted molar refractivity (Wildman–Crippen MR) is 77.2 cm³/mol. The number of aromatic nitrogens is 2. The number of hydrogen-bond acceptors (Lipinski definition) is 5. The molecule has 2 rings (SSSR count). The van der Waals surface area contributed by atoms with Gasteiger partial charge in [-0.05, 0) is 29.9 Å². The Morgan fingerprint density at radius 1 is 1.25 bits per heavy atom. The van der Waals surface area contributed by atoms with Crippen LogP contribution in [0.3, 0.4) is 0 Å². The molecule has 106 valence electrons. The first-order chi connectivity index (χ1) is 9.27. The molecule has 0 saturated carbocycles. The molecule has 0 amide bonds. The molecule has 1 heterocycles. The van der Waals surface area contributed by atoms with E-state index in [2.05, 4.69) is 4.98 Å². The van der Waals surface area contributed by atoms with E-state index >= 15 is 0 Å². The third kappa shape index (κ3) is 3.13. The van der Waals surface area contributed by atoms with Crippen LogP contribution in [0.15, 0.2) is 40.0 Å². The number of benzene rings is 1. The first-order valence-electron chi connectivity index (χ1n) is 5.49. The number of nitrogens with one attached hydrogen (secondary N) is 1. The van der Waals surface area contributed by atoms with Gasteiger partial charge in [0.05, 0.1) is 11.4 Å². The van der Waals surface area contributed by atoms with Crippen molar-refractivity contribution in [3.63, 3.8) is 0 Å². The number of aromatic amines is 1.